The van der Waals surface area contributed by atoms with Crippen molar-refractivity contribution in [1.29, 1.82) is 0 Å². The monoisotopic (exact) mass is 341 g/mol. The van der Waals surface area contributed by atoms with Crippen molar-refractivity contribution in [3.63, 3.8) is 0 Å². The normalized spacial score (nSPS) is 20.2. The molecule has 0 spiro atoms. The van der Waals surface area contributed by atoms with Gasteiger partial charge >= 0.3 is 0 Å². The fourth-order valence-electron chi connectivity index (χ4n) is 4.12. The van der Waals surface area contributed by atoms with Crippen molar-refractivity contribution in [2.75, 3.05) is 11.9 Å². The molecule has 1 unspecified atom stereocenters. The third kappa shape index (κ3) is 2.29. The summed E-state index contributed by atoms with van der Waals surface area (Å²) in [5.41, 5.74) is 2.38. The lowest BCUT2D eigenvalue weighted by Gasteiger charge is -2.10. The van der Waals surface area contributed by atoms with Crippen LogP contribution >= 0.6 is 0 Å². The molecule has 7 heteroatoms. The molecule has 0 bridgehead atoms. The van der Waals surface area contributed by atoms with Crippen molar-refractivity contribution >= 4 is 16.7 Å². The summed E-state index contributed by atoms with van der Waals surface area (Å²) < 4.78 is 29.7. The van der Waals surface area contributed by atoms with Gasteiger partial charge in [0.05, 0.1) is 22.8 Å². The lowest BCUT2D eigenvalue weighted by Crippen LogP contribution is -2.07. The minimum Gasteiger partial charge on any atom is -0.381 e. The van der Waals surface area contributed by atoms with Gasteiger partial charge in [-0.05, 0) is 24.5 Å². The number of nitrogens with zero attached hydrogens (tertiary/aromatic N) is 4. The van der Waals surface area contributed by atoms with Crippen molar-refractivity contribution in [3.05, 3.63) is 47.5 Å². The van der Waals surface area contributed by atoms with Crippen LogP contribution in [0.25, 0.3) is 11.0 Å². The van der Waals surface area contributed by atoms with Gasteiger partial charge in [-0.1, -0.05) is 12.8 Å². The van der Waals surface area contributed by atoms with Gasteiger partial charge in [0.1, 0.15) is 18.0 Å². The molecule has 1 atom stereocenters. The van der Waals surface area contributed by atoms with E-state index in [1.54, 1.807) is 0 Å². The molecule has 25 heavy (non-hydrogen) atoms. The maximum atomic E-state index is 14.0. The molecule has 0 amide bonds. The number of anilines is 1. The van der Waals surface area contributed by atoms with E-state index in [2.05, 4.69) is 20.4 Å². The molecule has 3 heterocycles. The van der Waals surface area contributed by atoms with Crippen LogP contribution in [0.4, 0.5) is 14.5 Å². The highest BCUT2D eigenvalue weighted by Gasteiger charge is 2.30. The fourth-order valence-corrected chi connectivity index (χ4v) is 4.12. The number of halogens is 2. The maximum Gasteiger partial charge on any atom is 0.184 e. The van der Waals surface area contributed by atoms with Crippen LogP contribution in [0.5, 0.6) is 0 Å². The van der Waals surface area contributed by atoms with Crippen LogP contribution in [-0.2, 0) is 0 Å². The summed E-state index contributed by atoms with van der Waals surface area (Å²) in [6.45, 7) is 0.483. The Morgan fingerprint density at radius 2 is 1.96 bits per heavy atom. The molecule has 2 aliphatic rings. The quantitative estimate of drug-likeness (QED) is 0.771. The number of rotatable bonds is 2. The van der Waals surface area contributed by atoms with Crippen molar-refractivity contribution in [3.8, 4) is 0 Å². The van der Waals surface area contributed by atoms with Crippen molar-refractivity contribution in [1.82, 2.24) is 19.7 Å². The molecule has 1 N–H and O–H groups in total. The third-order valence-corrected chi connectivity index (χ3v) is 5.34. The van der Waals surface area contributed by atoms with Gasteiger partial charge in [-0.15, -0.1) is 0 Å². The SMILES string of the molecule is Fc1cc(F)c2c(c1)C(c1ncnc3nn(C4CCCC4)cc13)CN2. The van der Waals surface area contributed by atoms with Gasteiger partial charge in [-0.3, -0.25) is 4.68 Å². The van der Waals surface area contributed by atoms with E-state index in [1.807, 2.05) is 10.9 Å². The van der Waals surface area contributed by atoms with E-state index < -0.39 is 11.6 Å². The lowest BCUT2D eigenvalue weighted by molar-refractivity contribution is 0.470. The molecular formula is C18H17F2N5. The Bertz CT molecular complexity index is 961. The summed E-state index contributed by atoms with van der Waals surface area (Å²) in [5.74, 6) is -1.35. The molecular weight excluding hydrogens is 324 g/mol. The van der Waals surface area contributed by atoms with Gasteiger partial charge < -0.3 is 5.32 Å². The second-order valence-electron chi connectivity index (χ2n) is 6.83. The molecule has 128 valence electrons. The number of benzene rings is 1. The highest BCUT2D eigenvalue weighted by atomic mass is 19.1. The zero-order valence-electron chi connectivity index (χ0n) is 13.5. The number of nitrogens with one attached hydrogen (secondary N) is 1. The van der Waals surface area contributed by atoms with Gasteiger partial charge in [0.15, 0.2) is 5.65 Å². The lowest BCUT2D eigenvalue weighted by atomic mass is 9.95. The van der Waals surface area contributed by atoms with E-state index in [4.69, 9.17) is 0 Å². The van der Waals surface area contributed by atoms with Crippen LogP contribution in [0.3, 0.4) is 0 Å². The Morgan fingerprint density at radius 3 is 2.80 bits per heavy atom. The predicted octanol–water partition coefficient (Wildman–Crippen LogP) is 3.78. The van der Waals surface area contributed by atoms with Crippen LogP contribution in [0.15, 0.2) is 24.7 Å². The maximum absolute atomic E-state index is 14.0. The van der Waals surface area contributed by atoms with E-state index in [9.17, 15) is 8.78 Å². The van der Waals surface area contributed by atoms with Gasteiger partial charge in [0.25, 0.3) is 0 Å². The minimum absolute atomic E-state index is 0.216. The summed E-state index contributed by atoms with van der Waals surface area (Å²) in [6.07, 6.45) is 8.17. The Hall–Kier alpha value is -2.57. The summed E-state index contributed by atoms with van der Waals surface area (Å²) in [7, 11) is 0. The van der Waals surface area contributed by atoms with Gasteiger partial charge in [0, 0.05) is 24.7 Å². The molecule has 1 aliphatic heterocycles. The largest absolute Gasteiger partial charge is 0.381 e. The first-order valence-corrected chi connectivity index (χ1v) is 8.63. The van der Waals surface area contributed by atoms with Crippen molar-refractivity contribution < 1.29 is 8.78 Å². The zero-order chi connectivity index (χ0) is 17.0. The van der Waals surface area contributed by atoms with E-state index in [0.29, 0.717) is 29.5 Å². The molecule has 0 saturated heterocycles. The molecule has 1 aliphatic carbocycles. The second kappa shape index (κ2) is 5.47. The van der Waals surface area contributed by atoms with Gasteiger partial charge in [-0.25, -0.2) is 18.7 Å². The smallest absolute Gasteiger partial charge is 0.184 e. The summed E-state index contributed by atoms with van der Waals surface area (Å²) in [4.78, 5) is 8.72. The van der Waals surface area contributed by atoms with Crippen LogP contribution in [-0.4, -0.2) is 26.3 Å². The third-order valence-electron chi connectivity index (χ3n) is 5.34. The topological polar surface area (TPSA) is 55.6 Å². The second-order valence-corrected chi connectivity index (χ2v) is 6.83. The predicted molar refractivity (Wildman–Crippen MR) is 89.5 cm³/mol. The number of fused-ring (bicyclic) bond motifs is 2. The highest BCUT2D eigenvalue weighted by Crippen LogP contribution is 2.40. The van der Waals surface area contributed by atoms with E-state index in [1.165, 1.54) is 25.2 Å². The average Bonchev–Trinajstić information content (AvgIpc) is 3.32. The Morgan fingerprint density at radius 1 is 1.12 bits per heavy atom. The summed E-state index contributed by atoms with van der Waals surface area (Å²) >= 11 is 0. The average molecular weight is 341 g/mol. The van der Waals surface area contributed by atoms with E-state index in [0.717, 1.165) is 30.0 Å². The number of hydrogen-bond acceptors (Lipinski definition) is 4. The van der Waals surface area contributed by atoms with E-state index >= 15 is 0 Å². The molecule has 0 radical (unpaired) electrons. The van der Waals surface area contributed by atoms with Crippen LogP contribution in [0.1, 0.15) is 48.9 Å². The van der Waals surface area contributed by atoms with Gasteiger partial charge in [0.2, 0.25) is 0 Å². The minimum atomic E-state index is -0.572. The standard InChI is InChI=1S/C18H17F2N5/c19-10-5-12-13(7-21-17(12)15(20)6-10)16-14-8-25(11-3-1-2-4-11)24-18(14)23-9-22-16/h5-6,8-9,11,13,21H,1-4,7H2. The van der Waals surface area contributed by atoms with Crippen molar-refractivity contribution in [2.24, 2.45) is 0 Å². The summed E-state index contributed by atoms with van der Waals surface area (Å²) in [5, 5.41) is 8.52. The van der Waals surface area contributed by atoms with E-state index in [-0.39, 0.29) is 5.92 Å². The molecule has 1 fully saturated rings. The number of aromatic nitrogens is 4. The first-order valence-electron chi connectivity index (χ1n) is 8.63. The number of hydrogen-bond donors (Lipinski definition) is 1. The Labute approximate surface area is 143 Å². The fraction of sp³-hybridized carbons (Fsp3) is 0.389. The van der Waals surface area contributed by atoms with Crippen LogP contribution < -0.4 is 5.32 Å². The molecule has 5 rings (SSSR count). The Balaban J connectivity index is 1.63. The first kappa shape index (κ1) is 14.7. The molecule has 2 aromatic heterocycles. The molecule has 3 aromatic rings. The molecule has 5 nitrogen and oxygen atoms in total. The summed E-state index contributed by atoms with van der Waals surface area (Å²) in [6, 6.07) is 2.70. The van der Waals surface area contributed by atoms with Gasteiger partial charge in [-0.2, -0.15) is 5.10 Å². The molecule has 1 saturated carbocycles. The highest BCUT2D eigenvalue weighted by molar-refractivity contribution is 5.79. The van der Waals surface area contributed by atoms with Crippen LogP contribution in [0.2, 0.25) is 0 Å². The zero-order valence-corrected chi connectivity index (χ0v) is 13.5. The van der Waals surface area contributed by atoms with Crippen molar-refractivity contribution in [2.45, 2.75) is 37.6 Å². The Kier molecular flexibility index (Phi) is 3.23. The van der Waals surface area contributed by atoms with Crippen LogP contribution in [0, 0.1) is 11.6 Å². The molecule has 1 aromatic carbocycles. The first-order chi connectivity index (χ1) is 12.2.